The van der Waals surface area contributed by atoms with Crippen LogP contribution in [0.3, 0.4) is 0 Å². The van der Waals surface area contributed by atoms with E-state index in [1.54, 1.807) is 0 Å². The van der Waals surface area contributed by atoms with Gasteiger partial charge in [-0.1, -0.05) is 22.6 Å². The van der Waals surface area contributed by atoms with Gasteiger partial charge in [-0.15, -0.1) is 0 Å². The summed E-state index contributed by atoms with van der Waals surface area (Å²) in [5.74, 6) is -1.18. The first-order chi connectivity index (χ1) is 7.61. The Kier molecular flexibility index (Phi) is 3.41. The maximum Gasteiger partial charge on any atom is 0.234 e. The lowest BCUT2D eigenvalue weighted by atomic mass is 10.1. The van der Waals surface area contributed by atoms with E-state index in [4.69, 9.17) is 0 Å². The van der Waals surface area contributed by atoms with Crippen LogP contribution in [0.5, 0.6) is 0 Å². The standard InChI is InChI=1S/C11H10F2INO/c12-8-4-10(15-11(16)5-14)9(13)3-7(8)6-1-2-6/h3-4,6H,1-2,5H2,(H,15,16). The lowest BCUT2D eigenvalue weighted by Gasteiger charge is -2.08. The molecule has 1 aromatic rings. The Hall–Kier alpha value is -0.720. The second-order valence-electron chi connectivity index (χ2n) is 3.81. The van der Waals surface area contributed by atoms with Crippen LogP contribution in [-0.2, 0) is 4.79 Å². The van der Waals surface area contributed by atoms with Crippen molar-refractivity contribution in [2.24, 2.45) is 0 Å². The fourth-order valence-corrected chi connectivity index (χ4v) is 1.74. The number of hydrogen-bond acceptors (Lipinski definition) is 1. The zero-order valence-electron chi connectivity index (χ0n) is 8.40. The molecule has 0 bridgehead atoms. The topological polar surface area (TPSA) is 29.1 Å². The van der Waals surface area contributed by atoms with E-state index in [0.29, 0.717) is 5.56 Å². The van der Waals surface area contributed by atoms with Crippen molar-refractivity contribution in [3.05, 3.63) is 29.3 Å². The van der Waals surface area contributed by atoms with E-state index in [9.17, 15) is 13.6 Å². The summed E-state index contributed by atoms with van der Waals surface area (Å²) in [6.45, 7) is 0. The molecule has 0 saturated heterocycles. The zero-order chi connectivity index (χ0) is 11.7. The van der Waals surface area contributed by atoms with Crippen molar-refractivity contribution in [2.75, 3.05) is 9.74 Å². The summed E-state index contributed by atoms with van der Waals surface area (Å²) in [5.41, 5.74) is 0.341. The lowest BCUT2D eigenvalue weighted by molar-refractivity contribution is -0.113. The molecule has 2 nitrogen and oxygen atoms in total. The Morgan fingerprint density at radius 3 is 2.62 bits per heavy atom. The summed E-state index contributed by atoms with van der Waals surface area (Å²) < 4.78 is 27.3. The van der Waals surface area contributed by atoms with Crippen LogP contribution in [0.2, 0.25) is 0 Å². The quantitative estimate of drug-likeness (QED) is 0.666. The van der Waals surface area contributed by atoms with Gasteiger partial charge in [0.05, 0.1) is 10.1 Å². The van der Waals surface area contributed by atoms with E-state index in [-0.39, 0.29) is 21.9 Å². The largest absolute Gasteiger partial charge is 0.323 e. The molecule has 16 heavy (non-hydrogen) atoms. The highest BCUT2D eigenvalue weighted by Gasteiger charge is 2.27. The number of carbonyl (C=O) groups excluding carboxylic acids is 1. The predicted octanol–water partition coefficient (Wildman–Crippen LogP) is 3.22. The Morgan fingerprint density at radius 2 is 2.06 bits per heavy atom. The van der Waals surface area contributed by atoms with Crippen molar-refractivity contribution in [3.63, 3.8) is 0 Å². The first kappa shape index (κ1) is 11.8. The van der Waals surface area contributed by atoms with E-state index in [2.05, 4.69) is 5.32 Å². The average Bonchev–Trinajstić information content (AvgIpc) is 3.06. The summed E-state index contributed by atoms with van der Waals surface area (Å²) in [7, 11) is 0. The van der Waals surface area contributed by atoms with Gasteiger partial charge in [-0.3, -0.25) is 4.79 Å². The molecule has 0 atom stereocenters. The molecule has 1 amide bonds. The minimum atomic E-state index is -0.568. The number of anilines is 1. The highest BCUT2D eigenvalue weighted by atomic mass is 127. The Balaban J connectivity index is 2.26. The predicted molar refractivity (Wildman–Crippen MR) is 65.8 cm³/mol. The zero-order valence-corrected chi connectivity index (χ0v) is 10.6. The van der Waals surface area contributed by atoms with Crippen LogP contribution in [0, 0.1) is 11.6 Å². The number of amides is 1. The molecule has 1 aromatic carbocycles. The van der Waals surface area contributed by atoms with Crippen molar-refractivity contribution in [3.8, 4) is 0 Å². The molecular formula is C11H10F2INO. The Morgan fingerprint density at radius 1 is 1.38 bits per heavy atom. The van der Waals surface area contributed by atoms with Crippen molar-refractivity contribution >= 4 is 34.2 Å². The van der Waals surface area contributed by atoms with Gasteiger partial charge in [0, 0.05) is 6.07 Å². The molecule has 0 aliphatic heterocycles. The molecule has 5 heteroatoms. The van der Waals surface area contributed by atoms with E-state index in [1.807, 2.05) is 22.6 Å². The Labute approximate surface area is 106 Å². The van der Waals surface area contributed by atoms with Crippen LogP contribution in [0.4, 0.5) is 14.5 Å². The maximum atomic E-state index is 13.6. The third kappa shape index (κ3) is 2.50. The third-order valence-electron chi connectivity index (χ3n) is 2.50. The second-order valence-corrected chi connectivity index (χ2v) is 4.57. The van der Waals surface area contributed by atoms with Crippen molar-refractivity contribution in [1.29, 1.82) is 0 Å². The van der Waals surface area contributed by atoms with Crippen molar-refractivity contribution in [1.82, 2.24) is 0 Å². The molecule has 1 aliphatic rings. The molecule has 1 saturated carbocycles. The fraction of sp³-hybridized carbons (Fsp3) is 0.364. The highest BCUT2D eigenvalue weighted by Crippen LogP contribution is 2.42. The van der Waals surface area contributed by atoms with E-state index >= 15 is 0 Å². The SMILES string of the molecule is O=C(CI)Nc1cc(F)c(C2CC2)cc1F. The molecule has 0 aromatic heterocycles. The van der Waals surface area contributed by atoms with Gasteiger partial charge in [0.2, 0.25) is 5.91 Å². The molecule has 0 radical (unpaired) electrons. The van der Waals surface area contributed by atoms with Crippen molar-refractivity contribution < 1.29 is 13.6 Å². The number of halogens is 3. The molecule has 1 N–H and O–H groups in total. The minimum Gasteiger partial charge on any atom is -0.323 e. The molecule has 1 fully saturated rings. The molecule has 0 heterocycles. The number of nitrogens with one attached hydrogen (secondary N) is 1. The van der Waals surface area contributed by atoms with Crippen LogP contribution >= 0.6 is 22.6 Å². The number of carbonyl (C=O) groups is 1. The first-order valence-electron chi connectivity index (χ1n) is 4.96. The minimum absolute atomic E-state index is 0.0800. The number of benzene rings is 1. The smallest absolute Gasteiger partial charge is 0.234 e. The van der Waals surface area contributed by atoms with Gasteiger partial charge in [-0.25, -0.2) is 8.78 Å². The lowest BCUT2D eigenvalue weighted by Crippen LogP contribution is -2.14. The maximum absolute atomic E-state index is 13.6. The van der Waals surface area contributed by atoms with E-state index in [1.165, 1.54) is 6.07 Å². The highest BCUT2D eigenvalue weighted by molar-refractivity contribution is 14.1. The van der Waals surface area contributed by atoms with Crippen LogP contribution < -0.4 is 5.32 Å². The Bertz CT molecular complexity index is 432. The fourth-order valence-electron chi connectivity index (χ4n) is 1.55. The van der Waals surface area contributed by atoms with Crippen LogP contribution in [0.1, 0.15) is 24.3 Å². The third-order valence-corrected chi connectivity index (χ3v) is 3.19. The van der Waals surface area contributed by atoms with Gasteiger partial charge in [0.1, 0.15) is 11.6 Å². The molecule has 0 unspecified atom stereocenters. The van der Waals surface area contributed by atoms with Gasteiger partial charge in [0.25, 0.3) is 0 Å². The van der Waals surface area contributed by atoms with Gasteiger partial charge in [-0.05, 0) is 30.4 Å². The van der Waals surface area contributed by atoms with Crippen LogP contribution in [0.25, 0.3) is 0 Å². The summed E-state index contributed by atoms with van der Waals surface area (Å²) in [5, 5.41) is 2.33. The normalized spacial score (nSPS) is 14.9. The number of rotatable bonds is 3. The number of hydrogen-bond donors (Lipinski definition) is 1. The molecule has 86 valence electrons. The van der Waals surface area contributed by atoms with E-state index < -0.39 is 11.6 Å². The summed E-state index contributed by atoms with van der Waals surface area (Å²) in [6.07, 6.45) is 1.83. The summed E-state index contributed by atoms with van der Waals surface area (Å²) >= 11 is 1.86. The monoisotopic (exact) mass is 337 g/mol. The van der Waals surface area contributed by atoms with E-state index in [0.717, 1.165) is 18.9 Å². The first-order valence-corrected chi connectivity index (χ1v) is 6.49. The van der Waals surface area contributed by atoms with Gasteiger partial charge < -0.3 is 5.32 Å². The van der Waals surface area contributed by atoms with Crippen LogP contribution in [0.15, 0.2) is 12.1 Å². The van der Waals surface area contributed by atoms with Crippen molar-refractivity contribution in [2.45, 2.75) is 18.8 Å². The number of alkyl halides is 1. The molecular weight excluding hydrogens is 327 g/mol. The van der Waals surface area contributed by atoms with Gasteiger partial charge in [-0.2, -0.15) is 0 Å². The summed E-state index contributed by atoms with van der Waals surface area (Å²) in [6, 6.07) is 2.25. The van der Waals surface area contributed by atoms with Gasteiger partial charge >= 0.3 is 0 Å². The van der Waals surface area contributed by atoms with Crippen LogP contribution in [-0.4, -0.2) is 10.3 Å². The van der Waals surface area contributed by atoms with Gasteiger partial charge in [0.15, 0.2) is 0 Å². The molecule has 1 aliphatic carbocycles. The summed E-state index contributed by atoms with van der Waals surface area (Å²) in [4.78, 5) is 11.1. The average molecular weight is 337 g/mol. The second kappa shape index (κ2) is 4.65. The molecule has 2 rings (SSSR count). The molecule has 0 spiro atoms.